The maximum atomic E-state index is 13.6. The lowest BCUT2D eigenvalue weighted by molar-refractivity contribution is 0.631. The fourth-order valence-corrected chi connectivity index (χ4v) is 1.86. The third kappa shape index (κ3) is 2.84. The summed E-state index contributed by atoms with van der Waals surface area (Å²) in [6.45, 7) is 1.78. The van der Waals surface area contributed by atoms with Crippen molar-refractivity contribution in [2.24, 2.45) is 0 Å². The molecule has 2 rings (SSSR count). The second-order valence-corrected chi connectivity index (χ2v) is 4.66. The summed E-state index contributed by atoms with van der Waals surface area (Å²) in [6, 6.07) is 9.98. The fraction of sp³-hybridized carbons (Fsp3) is 0.0769. The third-order valence-electron chi connectivity index (χ3n) is 2.28. The van der Waals surface area contributed by atoms with Gasteiger partial charge in [-0.1, -0.05) is 15.9 Å². The molecule has 0 unspecified atom stereocenters. The predicted molar refractivity (Wildman–Crippen MR) is 71.1 cm³/mol. The second kappa shape index (κ2) is 5.15. The lowest BCUT2D eigenvalue weighted by Crippen LogP contribution is -1.98. The second-order valence-electron chi connectivity index (χ2n) is 3.74. The van der Waals surface area contributed by atoms with E-state index in [2.05, 4.69) is 26.2 Å². The summed E-state index contributed by atoms with van der Waals surface area (Å²) >= 11 is 3.19. The zero-order chi connectivity index (χ0) is 13.1. The van der Waals surface area contributed by atoms with Gasteiger partial charge in [-0.15, -0.1) is 0 Å². The summed E-state index contributed by atoms with van der Waals surface area (Å²) in [7, 11) is 0. The Morgan fingerprint density at radius 1 is 1.33 bits per heavy atom. The molecule has 5 heteroatoms. The molecule has 0 radical (unpaired) electrons. The summed E-state index contributed by atoms with van der Waals surface area (Å²) in [4.78, 5) is 4.20. The molecule has 0 amide bonds. The van der Waals surface area contributed by atoms with Crippen LogP contribution in [0, 0.1) is 24.1 Å². The number of pyridine rings is 1. The van der Waals surface area contributed by atoms with Gasteiger partial charge in [-0.3, -0.25) is 0 Å². The first-order valence-corrected chi connectivity index (χ1v) is 5.98. The van der Waals surface area contributed by atoms with E-state index >= 15 is 0 Å². The highest BCUT2D eigenvalue weighted by atomic mass is 79.9. The monoisotopic (exact) mass is 305 g/mol. The maximum absolute atomic E-state index is 13.6. The Bertz CT molecular complexity index is 635. The molecule has 1 N–H and O–H groups in total. The first-order chi connectivity index (χ1) is 8.58. The quantitative estimate of drug-likeness (QED) is 0.915. The van der Waals surface area contributed by atoms with Crippen LogP contribution in [0.15, 0.2) is 34.8 Å². The van der Waals surface area contributed by atoms with Crippen molar-refractivity contribution < 1.29 is 4.39 Å². The summed E-state index contributed by atoms with van der Waals surface area (Å²) in [6.07, 6.45) is 0. The van der Waals surface area contributed by atoms with Crippen molar-refractivity contribution >= 4 is 27.4 Å². The van der Waals surface area contributed by atoms with Gasteiger partial charge in [0.25, 0.3) is 0 Å². The van der Waals surface area contributed by atoms with Gasteiger partial charge in [0.05, 0.1) is 17.3 Å². The Hall–Kier alpha value is -1.93. The van der Waals surface area contributed by atoms with Crippen LogP contribution in [0.5, 0.6) is 0 Å². The molecular formula is C13H9BrFN3. The molecule has 0 aliphatic rings. The summed E-state index contributed by atoms with van der Waals surface area (Å²) < 4.78 is 14.3. The zero-order valence-electron chi connectivity index (χ0n) is 9.54. The van der Waals surface area contributed by atoms with Crippen LogP contribution in [0.3, 0.4) is 0 Å². The molecule has 0 fully saturated rings. The average molecular weight is 306 g/mol. The van der Waals surface area contributed by atoms with Crippen LogP contribution in [0.2, 0.25) is 0 Å². The molecule has 3 nitrogen and oxygen atoms in total. The number of nitrogens with zero attached hydrogens (tertiary/aromatic N) is 2. The Kier molecular flexibility index (Phi) is 3.58. The van der Waals surface area contributed by atoms with Crippen LogP contribution >= 0.6 is 15.9 Å². The van der Waals surface area contributed by atoms with Gasteiger partial charge in [0.2, 0.25) is 0 Å². The van der Waals surface area contributed by atoms with Gasteiger partial charge in [0.1, 0.15) is 11.6 Å². The number of hydrogen-bond donors (Lipinski definition) is 1. The van der Waals surface area contributed by atoms with Crippen molar-refractivity contribution in [2.75, 3.05) is 5.32 Å². The number of benzene rings is 1. The van der Waals surface area contributed by atoms with Crippen LogP contribution in [0.4, 0.5) is 15.9 Å². The van der Waals surface area contributed by atoms with Crippen molar-refractivity contribution in [2.45, 2.75) is 6.92 Å². The van der Waals surface area contributed by atoms with Crippen molar-refractivity contribution in [1.82, 2.24) is 4.98 Å². The summed E-state index contributed by atoms with van der Waals surface area (Å²) in [5.41, 5.74) is 1.51. The standard InChI is InChI=1S/C13H9BrFN3/c1-8-4-9(7-16)5-13(17-8)18-12-3-2-10(14)6-11(12)15/h2-6H,1H3,(H,17,18). The highest BCUT2D eigenvalue weighted by Crippen LogP contribution is 2.22. The number of halogens is 2. The molecule has 0 aliphatic heterocycles. The largest absolute Gasteiger partial charge is 0.338 e. The first-order valence-electron chi connectivity index (χ1n) is 5.19. The molecule has 1 aromatic heterocycles. The topological polar surface area (TPSA) is 48.7 Å². The highest BCUT2D eigenvalue weighted by molar-refractivity contribution is 9.10. The number of anilines is 2. The number of aromatic nitrogens is 1. The van der Waals surface area contributed by atoms with Gasteiger partial charge in [-0.25, -0.2) is 9.37 Å². The van der Waals surface area contributed by atoms with Gasteiger partial charge >= 0.3 is 0 Å². The number of hydrogen-bond acceptors (Lipinski definition) is 3. The third-order valence-corrected chi connectivity index (χ3v) is 2.77. The van der Waals surface area contributed by atoms with Gasteiger partial charge < -0.3 is 5.32 Å². The van der Waals surface area contributed by atoms with Crippen LogP contribution in [0.1, 0.15) is 11.3 Å². The van der Waals surface area contributed by atoms with Crippen molar-refractivity contribution in [3.63, 3.8) is 0 Å². The Morgan fingerprint density at radius 2 is 2.11 bits per heavy atom. The highest BCUT2D eigenvalue weighted by Gasteiger charge is 2.05. The predicted octanol–water partition coefficient (Wildman–Crippen LogP) is 3.91. The first kappa shape index (κ1) is 12.5. The summed E-state index contributed by atoms with van der Waals surface area (Å²) in [5, 5.41) is 11.7. The van der Waals surface area contributed by atoms with Crippen LogP contribution in [-0.4, -0.2) is 4.98 Å². The number of rotatable bonds is 2. The van der Waals surface area contributed by atoms with E-state index in [1.54, 1.807) is 31.2 Å². The SMILES string of the molecule is Cc1cc(C#N)cc(Nc2ccc(Br)cc2F)n1. The number of aryl methyl sites for hydroxylation is 1. The van der Waals surface area contributed by atoms with Crippen LogP contribution in [-0.2, 0) is 0 Å². The number of nitrogens with one attached hydrogen (secondary N) is 1. The van der Waals surface area contributed by atoms with E-state index in [1.165, 1.54) is 6.07 Å². The minimum Gasteiger partial charge on any atom is -0.338 e. The van der Waals surface area contributed by atoms with Crippen LogP contribution < -0.4 is 5.32 Å². The molecule has 0 spiro atoms. The Labute approximate surface area is 112 Å². The maximum Gasteiger partial charge on any atom is 0.147 e. The summed E-state index contributed by atoms with van der Waals surface area (Å²) in [5.74, 6) is 0.0685. The molecule has 2 aromatic rings. The van der Waals surface area contributed by atoms with Gasteiger partial charge in [-0.2, -0.15) is 5.26 Å². The van der Waals surface area contributed by atoms with Crippen LogP contribution in [0.25, 0.3) is 0 Å². The van der Waals surface area contributed by atoms with E-state index < -0.39 is 0 Å². The molecule has 1 aromatic carbocycles. The molecule has 0 saturated carbocycles. The van der Waals surface area contributed by atoms with Crippen molar-refractivity contribution in [3.05, 3.63) is 51.9 Å². The Balaban J connectivity index is 2.34. The minimum atomic E-state index is -0.383. The van der Waals surface area contributed by atoms with Gasteiger partial charge in [-0.05, 0) is 37.3 Å². The average Bonchev–Trinajstić information content (AvgIpc) is 2.32. The molecule has 0 bridgehead atoms. The molecule has 0 saturated heterocycles. The molecule has 0 atom stereocenters. The molecule has 1 heterocycles. The van der Waals surface area contributed by atoms with E-state index in [1.807, 2.05) is 6.07 Å². The van der Waals surface area contributed by atoms with E-state index in [9.17, 15) is 4.39 Å². The van der Waals surface area contributed by atoms with Gasteiger partial charge in [0.15, 0.2) is 0 Å². The molecule has 18 heavy (non-hydrogen) atoms. The van der Waals surface area contributed by atoms with E-state index in [4.69, 9.17) is 5.26 Å². The number of nitriles is 1. The molecule has 90 valence electrons. The minimum absolute atomic E-state index is 0.320. The normalized spacial score (nSPS) is 9.89. The molecule has 0 aliphatic carbocycles. The Morgan fingerprint density at radius 3 is 2.78 bits per heavy atom. The van der Waals surface area contributed by atoms with Gasteiger partial charge in [0, 0.05) is 10.2 Å². The van der Waals surface area contributed by atoms with E-state index in [0.717, 1.165) is 0 Å². The zero-order valence-corrected chi connectivity index (χ0v) is 11.1. The smallest absolute Gasteiger partial charge is 0.147 e. The van der Waals surface area contributed by atoms with E-state index in [0.29, 0.717) is 27.2 Å². The van der Waals surface area contributed by atoms with Crippen molar-refractivity contribution in [1.29, 1.82) is 5.26 Å². The lowest BCUT2D eigenvalue weighted by atomic mass is 10.2. The van der Waals surface area contributed by atoms with E-state index in [-0.39, 0.29) is 5.82 Å². The van der Waals surface area contributed by atoms with Crippen molar-refractivity contribution in [3.8, 4) is 6.07 Å². The lowest BCUT2D eigenvalue weighted by Gasteiger charge is -2.08. The molecular weight excluding hydrogens is 297 g/mol. The fourth-order valence-electron chi connectivity index (χ4n) is 1.53.